The third kappa shape index (κ3) is 5.37. The number of hydrogen-bond donors (Lipinski definition) is 0. The predicted octanol–water partition coefficient (Wildman–Crippen LogP) is 3.29. The molecule has 0 saturated carbocycles. The lowest BCUT2D eigenvalue weighted by molar-refractivity contribution is -0.146. The van der Waals surface area contributed by atoms with Gasteiger partial charge in [-0.05, 0) is 17.7 Å². The number of halogens is 4. The zero-order valence-corrected chi connectivity index (χ0v) is 7.85. The Morgan fingerprint density at radius 2 is 1.67 bits per heavy atom. The quantitative estimate of drug-likeness (QED) is 0.561. The van der Waals surface area contributed by atoms with Crippen LogP contribution in [0.4, 0.5) is 17.6 Å². The van der Waals surface area contributed by atoms with E-state index in [-0.39, 0.29) is 19.0 Å². The summed E-state index contributed by atoms with van der Waals surface area (Å²) in [5, 5.41) is 0. The molecule has 0 aromatic heterocycles. The molecule has 0 bridgehead atoms. The Morgan fingerprint density at radius 1 is 1.07 bits per heavy atom. The fourth-order valence-electron chi connectivity index (χ4n) is 0.959. The maximum Gasteiger partial charge on any atom is 0.391 e. The first-order chi connectivity index (χ1) is 6.97. The molecule has 1 aromatic carbocycles. The summed E-state index contributed by atoms with van der Waals surface area (Å²) in [4.78, 5) is 0. The summed E-state index contributed by atoms with van der Waals surface area (Å²) >= 11 is 0. The Kier molecular flexibility index (Phi) is 4.08. The highest BCUT2D eigenvalue weighted by molar-refractivity contribution is 5.14. The zero-order chi connectivity index (χ0) is 11.3. The molecule has 1 nitrogen and oxygen atoms in total. The molecule has 5 heteroatoms. The van der Waals surface area contributed by atoms with Crippen molar-refractivity contribution in [3.05, 3.63) is 35.6 Å². The van der Waals surface area contributed by atoms with Gasteiger partial charge in [0.15, 0.2) is 0 Å². The Hall–Kier alpha value is -1.10. The van der Waals surface area contributed by atoms with Gasteiger partial charge in [-0.2, -0.15) is 13.2 Å². The fraction of sp³-hybridized carbons (Fsp3) is 0.400. The minimum atomic E-state index is -4.19. The van der Waals surface area contributed by atoms with E-state index in [1.165, 1.54) is 24.3 Å². The summed E-state index contributed by atoms with van der Waals surface area (Å²) in [6, 6.07) is 5.43. The van der Waals surface area contributed by atoms with E-state index in [4.69, 9.17) is 4.74 Å². The van der Waals surface area contributed by atoms with Crippen LogP contribution in [0, 0.1) is 5.82 Å². The highest BCUT2D eigenvalue weighted by atomic mass is 19.4. The summed E-state index contributed by atoms with van der Waals surface area (Å²) in [6.45, 7) is -0.308. The Labute approximate surface area is 84.7 Å². The predicted molar refractivity (Wildman–Crippen MR) is 46.7 cm³/mol. The van der Waals surface area contributed by atoms with Crippen LogP contribution in [0.2, 0.25) is 0 Å². The van der Waals surface area contributed by atoms with Crippen LogP contribution in [0.3, 0.4) is 0 Å². The number of ether oxygens (including phenoxy) is 1. The van der Waals surface area contributed by atoms with Crippen molar-refractivity contribution in [2.75, 3.05) is 6.61 Å². The van der Waals surface area contributed by atoms with E-state index in [2.05, 4.69) is 0 Å². The second-order valence-electron chi connectivity index (χ2n) is 3.04. The normalized spacial score (nSPS) is 11.7. The SMILES string of the molecule is Fc1ccc(COCCC(F)(F)F)cc1. The molecule has 84 valence electrons. The van der Waals surface area contributed by atoms with Gasteiger partial charge in [0.25, 0.3) is 0 Å². The molecule has 0 fully saturated rings. The lowest BCUT2D eigenvalue weighted by atomic mass is 10.2. The second-order valence-corrected chi connectivity index (χ2v) is 3.04. The van der Waals surface area contributed by atoms with E-state index in [1.807, 2.05) is 0 Å². The summed E-state index contributed by atoms with van der Waals surface area (Å²) in [7, 11) is 0. The number of benzene rings is 1. The summed E-state index contributed by atoms with van der Waals surface area (Å²) in [5.74, 6) is -0.381. The molecule has 1 aromatic rings. The monoisotopic (exact) mass is 222 g/mol. The Bertz CT molecular complexity index is 291. The van der Waals surface area contributed by atoms with Crippen LogP contribution >= 0.6 is 0 Å². The van der Waals surface area contributed by atoms with Gasteiger partial charge in [0.1, 0.15) is 5.82 Å². The third-order valence-corrected chi connectivity index (χ3v) is 1.71. The molecule has 0 aliphatic rings. The van der Waals surface area contributed by atoms with Gasteiger partial charge in [0.05, 0.1) is 19.6 Å². The molecule has 1 rings (SSSR count). The second kappa shape index (κ2) is 5.11. The zero-order valence-electron chi connectivity index (χ0n) is 7.85. The van der Waals surface area contributed by atoms with Gasteiger partial charge in [-0.3, -0.25) is 0 Å². The van der Waals surface area contributed by atoms with Gasteiger partial charge in [-0.15, -0.1) is 0 Å². The van der Waals surface area contributed by atoms with E-state index >= 15 is 0 Å². The molecule has 0 amide bonds. The van der Waals surface area contributed by atoms with Crippen LogP contribution in [0.25, 0.3) is 0 Å². The molecule has 0 saturated heterocycles. The highest BCUT2D eigenvalue weighted by Gasteiger charge is 2.26. The van der Waals surface area contributed by atoms with E-state index in [0.29, 0.717) is 5.56 Å². The molecular formula is C10H10F4O. The molecule has 0 unspecified atom stereocenters. The third-order valence-electron chi connectivity index (χ3n) is 1.71. The van der Waals surface area contributed by atoms with Crippen LogP contribution in [-0.4, -0.2) is 12.8 Å². The molecule has 0 spiro atoms. The smallest absolute Gasteiger partial charge is 0.376 e. The first-order valence-corrected chi connectivity index (χ1v) is 4.36. The molecular weight excluding hydrogens is 212 g/mol. The first kappa shape index (κ1) is 12.0. The van der Waals surface area contributed by atoms with Crippen LogP contribution in [-0.2, 0) is 11.3 Å². The number of hydrogen-bond acceptors (Lipinski definition) is 1. The van der Waals surface area contributed by atoms with Crippen molar-refractivity contribution in [1.82, 2.24) is 0 Å². The van der Waals surface area contributed by atoms with Crippen molar-refractivity contribution >= 4 is 0 Å². The summed E-state index contributed by atoms with van der Waals surface area (Å²) in [6.07, 6.45) is -5.16. The van der Waals surface area contributed by atoms with Gasteiger partial charge in [-0.25, -0.2) is 4.39 Å². The molecule has 0 heterocycles. The van der Waals surface area contributed by atoms with Crippen molar-refractivity contribution in [2.45, 2.75) is 19.2 Å². The summed E-state index contributed by atoms with van der Waals surface area (Å²) < 4.78 is 52.3. The summed E-state index contributed by atoms with van der Waals surface area (Å²) in [5.41, 5.74) is 0.651. The average Bonchev–Trinajstić information content (AvgIpc) is 2.14. The number of rotatable bonds is 4. The van der Waals surface area contributed by atoms with E-state index in [0.717, 1.165) is 0 Å². The first-order valence-electron chi connectivity index (χ1n) is 4.36. The lowest BCUT2D eigenvalue weighted by Crippen LogP contribution is -2.11. The Balaban J connectivity index is 2.23. The van der Waals surface area contributed by atoms with Gasteiger partial charge in [0.2, 0.25) is 0 Å². The van der Waals surface area contributed by atoms with E-state index < -0.39 is 12.6 Å². The minimum Gasteiger partial charge on any atom is -0.376 e. The van der Waals surface area contributed by atoms with Crippen molar-refractivity contribution < 1.29 is 22.3 Å². The molecule has 0 radical (unpaired) electrons. The van der Waals surface area contributed by atoms with Crippen molar-refractivity contribution in [3.8, 4) is 0 Å². The van der Waals surface area contributed by atoms with Crippen molar-refractivity contribution in [2.24, 2.45) is 0 Å². The average molecular weight is 222 g/mol. The lowest BCUT2D eigenvalue weighted by Gasteiger charge is -2.07. The van der Waals surface area contributed by atoms with E-state index in [9.17, 15) is 17.6 Å². The molecule has 0 atom stereocenters. The van der Waals surface area contributed by atoms with Gasteiger partial charge in [0, 0.05) is 0 Å². The van der Waals surface area contributed by atoms with Crippen molar-refractivity contribution in [1.29, 1.82) is 0 Å². The van der Waals surface area contributed by atoms with Crippen LogP contribution < -0.4 is 0 Å². The van der Waals surface area contributed by atoms with E-state index in [1.54, 1.807) is 0 Å². The molecule has 0 aliphatic heterocycles. The molecule has 0 aliphatic carbocycles. The Morgan fingerprint density at radius 3 is 2.20 bits per heavy atom. The maximum atomic E-state index is 12.4. The van der Waals surface area contributed by atoms with Crippen LogP contribution in [0.5, 0.6) is 0 Å². The van der Waals surface area contributed by atoms with Gasteiger partial charge >= 0.3 is 6.18 Å². The fourth-order valence-corrected chi connectivity index (χ4v) is 0.959. The minimum absolute atomic E-state index is 0.0658. The van der Waals surface area contributed by atoms with Gasteiger partial charge < -0.3 is 4.74 Å². The molecule has 15 heavy (non-hydrogen) atoms. The van der Waals surface area contributed by atoms with Gasteiger partial charge in [-0.1, -0.05) is 12.1 Å². The van der Waals surface area contributed by atoms with Crippen LogP contribution in [0.15, 0.2) is 24.3 Å². The largest absolute Gasteiger partial charge is 0.391 e. The number of alkyl halides is 3. The highest BCUT2D eigenvalue weighted by Crippen LogP contribution is 2.19. The van der Waals surface area contributed by atoms with Crippen LogP contribution in [0.1, 0.15) is 12.0 Å². The standard InChI is InChI=1S/C10H10F4O/c11-9-3-1-8(2-4-9)7-15-6-5-10(12,13)14/h1-4H,5-7H2. The maximum absolute atomic E-state index is 12.4. The topological polar surface area (TPSA) is 9.23 Å². The van der Waals surface area contributed by atoms with Crippen molar-refractivity contribution in [3.63, 3.8) is 0 Å². The molecule has 0 N–H and O–H groups in total.